The second-order valence-corrected chi connectivity index (χ2v) is 7.80. The summed E-state index contributed by atoms with van der Waals surface area (Å²) in [6.07, 6.45) is -2.81. The number of aromatic nitrogens is 1. The number of pyridine rings is 1. The molecule has 1 amide bonds. The molecule has 3 rings (SSSR count). The van der Waals surface area contributed by atoms with Gasteiger partial charge in [-0.25, -0.2) is 9.37 Å². The summed E-state index contributed by atoms with van der Waals surface area (Å²) in [5, 5.41) is 0.388. The molecule has 0 unspecified atom stereocenters. The topological polar surface area (TPSA) is 36.4 Å². The number of hydrogen-bond donors (Lipinski definition) is 0. The quantitative estimate of drug-likeness (QED) is 0.533. The molecule has 1 aromatic carbocycles. The Morgan fingerprint density at radius 2 is 1.79 bits per heavy atom. The molecule has 0 saturated carbocycles. The first-order chi connectivity index (χ1) is 13.8. The number of rotatable bonds is 5. The SMILES string of the molecule is O=C(CSc1ccc(C(F)(F)F)cn1)N1CCCN(Cc2ccc(F)cc2)CC1. The van der Waals surface area contributed by atoms with Gasteiger partial charge in [-0.05, 0) is 36.2 Å². The highest BCUT2D eigenvalue weighted by Crippen LogP contribution is 2.29. The highest BCUT2D eigenvalue weighted by molar-refractivity contribution is 7.99. The van der Waals surface area contributed by atoms with Crippen molar-refractivity contribution < 1.29 is 22.4 Å². The van der Waals surface area contributed by atoms with Crippen molar-refractivity contribution in [2.45, 2.75) is 24.2 Å². The minimum absolute atomic E-state index is 0.0552. The lowest BCUT2D eigenvalue weighted by atomic mass is 10.2. The van der Waals surface area contributed by atoms with E-state index in [1.807, 2.05) is 0 Å². The summed E-state index contributed by atoms with van der Waals surface area (Å²) in [4.78, 5) is 20.3. The van der Waals surface area contributed by atoms with Gasteiger partial charge in [-0.3, -0.25) is 9.69 Å². The normalized spacial score (nSPS) is 15.9. The number of carbonyl (C=O) groups excluding carboxylic acids is 1. The van der Waals surface area contributed by atoms with E-state index in [0.717, 1.165) is 42.6 Å². The van der Waals surface area contributed by atoms with Crippen LogP contribution in [-0.4, -0.2) is 52.6 Å². The first kappa shape index (κ1) is 21.6. The molecule has 29 heavy (non-hydrogen) atoms. The lowest BCUT2D eigenvalue weighted by Gasteiger charge is -2.22. The Kier molecular flexibility index (Phi) is 7.13. The van der Waals surface area contributed by atoms with Crippen molar-refractivity contribution in [1.82, 2.24) is 14.8 Å². The van der Waals surface area contributed by atoms with Crippen molar-refractivity contribution in [3.63, 3.8) is 0 Å². The van der Waals surface area contributed by atoms with Crippen molar-refractivity contribution in [3.05, 3.63) is 59.5 Å². The average Bonchev–Trinajstić information content (AvgIpc) is 2.93. The van der Waals surface area contributed by atoms with Crippen LogP contribution in [0.5, 0.6) is 0 Å². The summed E-state index contributed by atoms with van der Waals surface area (Å²) in [7, 11) is 0. The third kappa shape index (κ3) is 6.43. The number of alkyl halides is 3. The summed E-state index contributed by atoms with van der Waals surface area (Å²) in [5.74, 6) is -0.183. The van der Waals surface area contributed by atoms with E-state index >= 15 is 0 Å². The average molecular weight is 427 g/mol. The summed E-state index contributed by atoms with van der Waals surface area (Å²) in [5.41, 5.74) is 0.219. The Bertz CT molecular complexity index is 812. The highest BCUT2D eigenvalue weighted by Gasteiger charge is 2.30. The Morgan fingerprint density at radius 3 is 2.45 bits per heavy atom. The van der Waals surface area contributed by atoms with Gasteiger partial charge in [0, 0.05) is 38.9 Å². The van der Waals surface area contributed by atoms with Gasteiger partial charge in [-0.1, -0.05) is 23.9 Å². The maximum absolute atomic E-state index is 13.0. The highest BCUT2D eigenvalue weighted by atomic mass is 32.2. The molecule has 0 aliphatic carbocycles. The van der Waals surface area contributed by atoms with Gasteiger partial charge in [0.15, 0.2) is 0 Å². The Labute approximate surface area is 170 Å². The molecule has 1 aliphatic rings. The summed E-state index contributed by atoms with van der Waals surface area (Å²) in [6, 6.07) is 8.66. The number of hydrogen-bond acceptors (Lipinski definition) is 4. The van der Waals surface area contributed by atoms with Crippen LogP contribution in [0.2, 0.25) is 0 Å². The van der Waals surface area contributed by atoms with E-state index in [1.54, 1.807) is 17.0 Å². The number of carbonyl (C=O) groups is 1. The van der Waals surface area contributed by atoms with Crippen molar-refractivity contribution in [2.24, 2.45) is 0 Å². The minimum atomic E-state index is -4.42. The molecule has 156 valence electrons. The fraction of sp³-hybridized carbons (Fsp3) is 0.400. The first-order valence-corrected chi connectivity index (χ1v) is 10.2. The fourth-order valence-corrected chi connectivity index (χ4v) is 3.83. The van der Waals surface area contributed by atoms with Gasteiger partial charge in [0.05, 0.1) is 16.3 Å². The molecule has 0 spiro atoms. The van der Waals surface area contributed by atoms with Crippen molar-refractivity contribution in [2.75, 3.05) is 31.9 Å². The van der Waals surface area contributed by atoms with Crippen LogP contribution in [0.3, 0.4) is 0 Å². The number of halogens is 4. The largest absolute Gasteiger partial charge is 0.417 e. The van der Waals surface area contributed by atoms with Crippen LogP contribution in [0, 0.1) is 5.82 Å². The van der Waals surface area contributed by atoms with Gasteiger partial charge in [-0.15, -0.1) is 0 Å². The maximum Gasteiger partial charge on any atom is 0.417 e. The lowest BCUT2D eigenvalue weighted by Crippen LogP contribution is -2.36. The van der Waals surface area contributed by atoms with Crippen LogP contribution in [0.25, 0.3) is 0 Å². The second kappa shape index (κ2) is 9.58. The van der Waals surface area contributed by atoms with E-state index in [9.17, 15) is 22.4 Å². The maximum atomic E-state index is 13.0. The van der Waals surface area contributed by atoms with Gasteiger partial charge in [0.2, 0.25) is 5.91 Å². The van der Waals surface area contributed by atoms with E-state index in [1.165, 1.54) is 18.2 Å². The van der Waals surface area contributed by atoms with Gasteiger partial charge in [0.25, 0.3) is 0 Å². The predicted molar refractivity (Wildman–Crippen MR) is 103 cm³/mol. The molecule has 2 heterocycles. The molecule has 0 radical (unpaired) electrons. The molecule has 0 N–H and O–H groups in total. The van der Waals surface area contributed by atoms with Crippen LogP contribution in [0.4, 0.5) is 17.6 Å². The number of thioether (sulfide) groups is 1. The van der Waals surface area contributed by atoms with Crippen molar-refractivity contribution in [3.8, 4) is 0 Å². The summed E-state index contributed by atoms with van der Waals surface area (Å²) in [6.45, 7) is 3.48. The molecular formula is C20H21F4N3OS. The van der Waals surface area contributed by atoms with Crippen LogP contribution in [0.1, 0.15) is 17.5 Å². The molecule has 2 aromatic rings. The number of amides is 1. The summed E-state index contributed by atoms with van der Waals surface area (Å²) >= 11 is 1.13. The molecular weight excluding hydrogens is 406 g/mol. The molecule has 1 fully saturated rings. The second-order valence-electron chi connectivity index (χ2n) is 6.81. The third-order valence-corrected chi connectivity index (χ3v) is 5.60. The minimum Gasteiger partial charge on any atom is -0.341 e. The van der Waals surface area contributed by atoms with E-state index in [2.05, 4.69) is 9.88 Å². The summed E-state index contributed by atoms with van der Waals surface area (Å²) < 4.78 is 50.7. The molecule has 0 atom stereocenters. The smallest absolute Gasteiger partial charge is 0.341 e. The lowest BCUT2D eigenvalue weighted by molar-refractivity contribution is -0.138. The van der Waals surface area contributed by atoms with Gasteiger partial charge < -0.3 is 4.90 Å². The zero-order chi connectivity index (χ0) is 20.9. The zero-order valence-electron chi connectivity index (χ0n) is 15.7. The predicted octanol–water partition coefficient (Wildman–Crippen LogP) is 4.07. The van der Waals surface area contributed by atoms with Crippen LogP contribution in [0.15, 0.2) is 47.6 Å². The van der Waals surface area contributed by atoms with Gasteiger partial charge >= 0.3 is 6.18 Å². The first-order valence-electron chi connectivity index (χ1n) is 9.22. The molecule has 1 aliphatic heterocycles. The molecule has 1 aromatic heterocycles. The van der Waals surface area contributed by atoms with E-state index in [-0.39, 0.29) is 17.5 Å². The van der Waals surface area contributed by atoms with Crippen LogP contribution in [-0.2, 0) is 17.5 Å². The van der Waals surface area contributed by atoms with E-state index in [0.29, 0.717) is 31.2 Å². The Hall–Kier alpha value is -2.13. The van der Waals surface area contributed by atoms with Crippen molar-refractivity contribution >= 4 is 17.7 Å². The monoisotopic (exact) mass is 427 g/mol. The zero-order valence-corrected chi connectivity index (χ0v) is 16.5. The van der Waals surface area contributed by atoms with Crippen molar-refractivity contribution in [1.29, 1.82) is 0 Å². The molecule has 9 heteroatoms. The number of benzene rings is 1. The number of nitrogens with zero attached hydrogens (tertiary/aromatic N) is 3. The Balaban J connectivity index is 1.47. The molecule has 1 saturated heterocycles. The Morgan fingerprint density at radius 1 is 1.03 bits per heavy atom. The van der Waals surface area contributed by atoms with Crippen LogP contribution >= 0.6 is 11.8 Å². The molecule has 4 nitrogen and oxygen atoms in total. The fourth-order valence-electron chi connectivity index (χ4n) is 3.09. The van der Waals surface area contributed by atoms with E-state index < -0.39 is 11.7 Å². The van der Waals surface area contributed by atoms with Gasteiger partial charge in [-0.2, -0.15) is 13.2 Å². The van der Waals surface area contributed by atoms with Gasteiger partial charge in [0.1, 0.15) is 5.82 Å². The third-order valence-electron chi connectivity index (χ3n) is 4.67. The van der Waals surface area contributed by atoms with Crippen LogP contribution < -0.4 is 0 Å². The standard InChI is InChI=1S/C20H21F4N3OS/c21-17-5-2-15(3-6-17)13-26-8-1-9-27(11-10-26)19(28)14-29-18-7-4-16(12-25-18)20(22,23)24/h2-7,12H,1,8-11,13-14H2. The molecule has 0 bridgehead atoms. The van der Waals surface area contributed by atoms with E-state index in [4.69, 9.17) is 0 Å².